The van der Waals surface area contributed by atoms with Crippen LogP contribution < -0.4 is 10.5 Å². The zero-order chi connectivity index (χ0) is 18.2. The Kier molecular flexibility index (Phi) is 4.03. The van der Waals surface area contributed by atoms with Crippen LogP contribution in [0.25, 0.3) is 17.1 Å². The fraction of sp³-hybridized carbons (Fsp3) is 0.0667. The summed E-state index contributed by atoms with van der Waals surface area (Å²) in [6.07, 6.45) is -3.54. The van der Waals surface area contributed by atoms with Gasteiger partial charge in [-0.3, -0.25) is 0 Å². The van der Waals surface area contributed by atoms with Crippen LogP contribution in [0, 0.1) is 11.6 Å². The van der Waals surface area contributed by atoms with Crippen molar-refractivity contribution >= 4 is 5.69 Å². The first-order valence-corrected chi connectivity index (χ1v) is 6.76. The number of nitrogen functional groups attached to an aromatic ring is 1. The fourth-order valence-corrected chi connectivity index (χ4v) is 2.03. The number of anilines is 1. The van der Waals surface area contributed by atoms with Gasteiger partial charge < -0.3 is 10.5 Å². The van der Waals surface area contributed by atoms with Crippen molar-refractivity contribution in [1.29, 1.82) is 0 Å². The molecular weight excluding hydrogens is 347 g/mol. The van der Waals surface area contributed by atoms with Gasteiger partial charge in [-0.1, -0.05) is 0 Å². The first kappa shape index (κ1) is 16.7. The summed E-state index contributed by atoms with van der Waals surface area (Å²) in [6.45, 7) is 0. The number of halogens is 5. The molecule has 0 saturated carbocycles. The molecule has 1 heterocycles. The molecule has 10 heteroatoms. The van der Waals surface area contributed by atoms with Crippen molar-refractivity contribution in [3.8, 4) is 22.8 Å². The van der Waals surface area contributed by atoms with Crippen molar-refractivity contribution in [2.75, 3.05) is 5.73 Å². The van der Waals surface area contributed by atoms with Crippen LogP contribution in [0.3, 0.4) is 0 Å². The van der Waals surface area contributed by atoms with E-state index >= 15 is 0 Å². The zero-order valence-corrected chi connectivity index (χ0v) is 12.3. The largest absolute Gasteiger partial charge is 0.573 e. The molecule has 0 unspecified atom stereocenters. The highest BCUT2D eigenvalue weighted by Gasteiger charge is 2.31. The minimum Gasteiger partial charge on any atom is -0.406 e. The van der Waals surface area contributed by atoms with E-state index in [1.54, 1.807) is 0 Å². The second kappa shape index (κ2) is 6.04. The van der Waals surface area contributed by atoms with Gasteiger partial charge >= 0.3 is 6.36 Å². The topological polar surface area (TPSA) is 66.0 Å². The number of alkyl halides is 3. The number of aromatic nitrogens is 3. The third kappa shape index (κ3) is 3.67. The Morgan fingerprint density at radius 3 is 2.16 bits per heavy atom. The third-order valence-corrected chi connectivity index (χ3v) is 3.16. The smallest absolute Gasteiger partial charge is 0.406 e. The highest BCUT2D eigenvalue weighted by atomic mass is 19.4. The second-order valence-corrected chi connectivity index (χ2v) is 4.91. The van der Waals surface area contributed by atoms with Gasteiger partial charge in [0.15, 0.2) is 5.82 Å². The second-order valence-electron chi connectivity index (χ2n) is 4.91. The number of rotatable bonds is 3. The molecule has 0 aliphatic carbocycles. The summed E-state index contributed by atoms with van der Waals surface area (Å²) in [5, 5.41) is 4.04. The van der Waals surface area contributed by atoms with E-state index in [-0.39, 0.29) is 17.1 Å². The average molecular weight is 356 g/mol. The molecule has 3 rings (SSSR count). The number of hydrogen-bond donors (Lipinski definition) is 1. The van der Waals surface area contributed by atoms with E-state index in [0.29, 0.717) is 5.69 Å². The monoisotopic (exact) mass is 356 g/mol. The van der Waals surface area contributed by atoms with Crippen molar-refractivity contribution < 1.29 is 26.7 Å². The van der Waals surface area contributed by atoms with Crippen molar-refractivity contribution in [2.45, 2.75) is 6.36 Å². The summed E-state index contributed by atoms with van der Waals surface area (Å²) < 4.78 is 68.4. The van der Waals surface area contributed by atoms with Gasteiger partial charge in [-0.2, -0.15) is 0 Å². The van der Waals surface area contributed by atoms with E-state index in [2.05, 4.69) is 14.8 Å². The lowest BCUT2D eigenvalue weighted by Crippen LogP contribution is -2.17. The van der Waals surface area contributed by atoms with Gasteiger partial charge in [-0.25, -0.2) is 18.4 Å². The van der Waals surface area contributed by atoms with Crippen molar-refractivity contribution in [2.24, 2.45) is 0 Å². The molecule has 2 N–H and O–H groups in total. The molecule has 0 saturated heterocycles. The van der Waals surface area contributed by atoms with Gasteiger partial charge in [0.25, 0.3) is 0 Å². The van der Waals surface area contributed by atoms with Crippen LogP contribution in [0.1, 0.15) is 0 Å². The van der Waals surface area contributed by atoms with Crippen LogP contribution in [0.15, 0.2) is 42.7 Å². The van der Waals surface area contributed by atoms with Gasteiger partial charge in [0.1, 0.15) is 29.4 Å². The molecule has 3 aromatic rings. The van der Waals surface area contributed by atoms with E-state index < -0.39 is 23.7 Å². The predicted octanol–water partition coefficient (Wildman–Crippen LogP) is 3.69. The third-order valence-electron chi connectivity index (χ3n) is 3.16. The maximum absolute atomic E-state index is 13.5. The first-order chi connectivity index (χ1) is 11.7. The summed E-state index contributed by atoms with van der Waals surface area (Å²) in [4.78, 5) is 3.92. The molecular formula is C15H9F5N4O. The molecule has 1 aromatic heterocycles. The van der Waals surface area contributed by atoms with Crippen LogP contribution in [0.5, 0.6) is 5.75 Å². The van der Waals surface area contributed by atoms with Crippen LogP contribution in [0.2, 0.25) is 0 Å². The number of ether oxygens (including phenoxy) is 1. The normalized spacial score (nSPS) is 11.6. The van der Waals surface area contributed by atoms with Gasteiger partial charge in [0, 0.05) is 5.56 Å². The average Bonchev–Trinajstić information content (AvgIpc) is 3.01. The van der Waals surface area contributed by atoms with Crippen LogP contribution in [0.4, 0.5) is 27.6 Å². The molecule has 0 atom stereocenters. The number of nitrogens with two attached hydrogens (primary N) is 1. The van der Waals surface area contributed by atoms with Gasteiger partial charge in [0.05, 0.1) is 5.69 Å². The van der Waals surface area contributed by atoms with E-state index in [4.69, 9.17) is 5.73 Å². The van der Waals surface area contributed by atoms with Crippen LogP contribution >= 0.6 is 0 Å². The Labute approximate surface area is 137 Å². The molecule has 0 aliphatic rings. The SMILES string of the molecule is Nc1c(F)cc(-c2ncn(-c3ccc(OC(F)(F)F)cc3)n2)cc1F. The minimum atomic E-state index is -4.79. The van der Waals surface area contributed by atoms with E-state index in [9.17, 15) is 22.0 Å². The Morgan fingerprint density at radius 2 is 1.60 bits per heavy atom. The van der Waals surface area contributed by atoms with Crippen LogP contribution in [-0.2, 0) is 0 Å². The molecule has 0 spiro atoms. The van der Waals surface area contributed by atoms with Gasteiger partial charge in [-0.15, -0.1) is 18.3 Å². The molecule has 0 radical (unpaired) electrons. The Hall–Kier alpha value is -3.17. The van der Waals surface area contributed by atoms with Gasteiger partial charge in [0.2, 0.25) is 0 Å². The maximum Gasteiger partial charge on any atom is 0.573 e. The fourth-order valence-electron chi connectivity index (χ4n) is 2.03. The summed E-state index contributed by atoms with van der Waals surface area (Å²) in [5.41, 5.74) is 5.04. The van der Waals surface area contributed by atoms with Crippen LogP contribution in [-0.4, -0.2) is 21.1 Å². The quantitative estimate of drug-likeness (QED) is 0.574. The molecule has 0 aliphatic heterocycles. The summed E-state index contributed by atoms with van der Waals surface area (Å²) in [6, 6.07) is 6.82. The highest BCUT2D eigenvalue weighted by Crippen LogP contribution is 2.25. The van der Waals surface area contributed by atoms with Gasteiger partial charge in [-0.05, 0) is 36.4 Å². The summed E-state index contributed by atoms with van der Waals surface area (Å²) >= 11 is 0. The Morgan fingerprint density at radius 1 is 1.00 bits per heavy atom. The van der Waals surface area contributed by atoms with Crippen molar-refractivity contribution in [3.05, 3.63) is 54.4 Å². The Balaban J connectivity index is 1.86. The number of hydrogen-bond acceptors (Lipinski definition) is 4. The molecule has 25 heavy (non-hydrogen) atoms. The molecule has 0 bridgehead atoms. The predicted molar refractivity (Wildman–Crippen MR) is 77.8 cm³/mol. The zero-order valence-electron chi connectivity index (χ0n) is 12.3. The minimum absolute atomic E-state index is 0.0217. The van der Waals surface area contributed by atoms with E-state index in [1.807, 2.05) is 0 Å². The first-order valence-electron chi connectivity index (χ1n) is 6.76. The molecule has 0 amide bonds. The van der Waals surface area contributed by atoms with Crippen molar-refractivity contribution in [1.82, 2.24) is 14.8 Å². The Bertz CT molecular complexity index is 882. The maximum atomic E-state index is 13.5. The number of nitrogens with zero attached hydrogens (tertiary/aromatic N) is 3. The standard InChI is InChI=1S/C15H9F5N4O/c16-11-5-8(6-12(17)13(11)21)14-22-7-24(23-14)9-1-3-10(4-2-9)25-15(18,19)20/h1-7H,21H2. The summed E-state index contributed by atoms with van der Waals surface area (Å²) in [5.74, 6) is -2.26. The highest BCUT2D eigenvalue weighted by molar-refractivity contribution is 5.59. The molecule has 5 nitrogen and oxygen atoms in total. The summed E-state index contributed by atoms with van der Waals surface area (Å²) in [7, 11) is 0. The van der Waals surface area contributed by atoms with Crippen molar-refractivity contribution in [3.63, 3.8) is 0 Å². The molecule has 0 fully saturated rings. The molecule has 130 valence electrons. The lowest BCUT2D eigenvalue weighted by Gasteiger charge is -2.09. The van der Waals surface area contributed by atoms with E-state index in [0.717, 1.165) is 24.3 Å². The molecule has 2 aromatic carbocycles. The lowest BCUT2D eigenvalue weighted by molar-refractivity contribution is -0.274. The lowest BCUT2D eigenvalue weighted by atomic mass is 10.2. The number of benzene rings is 2. The van der Waals surface area contributed by atoms with E-state index in [1.165, 1.54) is 23.1 Å².